The van der Waals surface area contributed by atoms with Crippen LogP contribution in [0.4, 0.5) is 17.7 Å². The fourth-order valence-electron chi connectivity index (χ4n) is 2.87. The first-order valence-electron chi connectivity index (χ1n) is 5.68. The maximum absolute atomic E-state index is 12.6. The lowest BCUT2D eigenvalue weighted by Gasteiger charge is -2.74. The molecule has 3 saturated carbocycles. The number of hydrogen-bond donors (Lipinski definition) is 1. The summed E-state index contributed by atoms with van der Waals surface area (Å²) in [7, 11) is 0. The number of ether oxygens (including phenoxy) is 1. The largest absolute Gasteiger partial charge is 0.484 e. The summed E-state index contributed by atoms with van der Waals surface area (Å²) in [5.41, 5.74) is -1.28. The molecule has 98 valence electrons. The normalized spacial score (nSPS) is 35.6. The van der Waals surface area contributed by atoms with Crippen molar-refractivity contribution in [1.29, 1.82) is 0 Å². The van der Waals surface area contributed by atoms with Crippen LogP contribution in [0.3, 0.4) is 0 Å². The first-order chi connectivity index (χ1) is 7.47. The molecular formula is C10H16BF3NO2-. The highest BCUT2D eigenvalue weighted by molar-refractivity contribution is 6.63. The molecule has 0 spiro atoms. The Hall–Kier alpha value is -0.875. The molecule has 3 fully saturated rings. The molecule has 17 heavy (non-hydrogen) atoms. The Bertz CT molecular complexity index is 342. The molecule has 0 aromatic carbocycles. The highest BCUT2D eigenvalue weighted by Crippen LogP contribution is 2.77. The zero-order valence-electron chi connectivity index (χ0n) is 10.1. The number of hydrogen-bond acceptors (Lipinski definition) is 2. The molecule has 1 amide bonds. The van der Waals surface area contributed by atoms with Gasteiger partial charge >= 0.3 is 13.1 Å². The first-order valence-corrected chi connectivity index (χ1v) is 5.68. The quantitative estimate of drug-likeness (QED) is 0.765. The second kappa shape index (κ2) is 3.11. The van der Waals surface area contributed by atoms with E-state index in [0.717, 1.165) is 0 Å². The summed E-state index contributed by atoms with van der Waals surface area (Å²) in [5, 5.41) is 1.08. The Balaban J connectivity index is 1.85. The maximum Gasteiger partial charge on any atom is 0.484 e. The van der Waals surface area contributed by atoms with Crippen LogP contribution in [0.15, 0.2) is 0 Å². The van der Waals surface area contributed by atoms with Gasteiger partial charge in [-0.25, -0.2) is 4.79 Å². The minimum absolute atomic E-state index is 0.0166. The molecule has 7 heteroatoms. The van der Waals surface area contributed by atoms with E-state index in [1.54, 1.807) is 20.8 Å². The van der Waals surface area contributed by atoms with E-state index < -0.39 is 29.5 Å². The topological polar surface area (TPSA) is 38.3 Å². The van der Waals surface area contributed by atoms with E-state index in [9.17, 15) is 17.7 Å². The van der Waals surface area contributed by atoms with E-state index in [1.807, 2.05) is 0 Å². The molecule has 2 bridgehead atoms. The highest BCUT2D eigenvalue weighted by atomic mass is 19.4. The van der Waals surface area contributed by atoms with Crippen molar-refractivity contribution in [3.8, 4) is 0 Å². The molecule has 3 aliphatic rings. The standard InChI is InChI=1S/C10H16BF3NO2/c1-8(2,3)17-7(16)15-10-4-9(5-10,6-10)11(12,13)14/h4-6H2,1-3H3,(H,15,16)/q-1. The Morgan fingerprint density at radius 1 is 1.24 bits per heavy atom. The van der Waals surface area contributed by atoms with Crippen molar-refractivity contribution in [1.82, 2.24) is 5.32 Å². The summed E-state index contributed by atoms with van der Waals surface area (Å²) in [5.74, 6) is 0. The van der Waals surface area contributed by atoms with Gasteiger partial charge in [-0.05, 0) is 40.0 Å². The predicted molar refractivity (Wildman–Crippen MR) is 57.7 cm³/mol. The highest BCUT2D eigenvalue weighted by Gasteiger charge is 2.74. The van der Waals surface area contributed by atoms with Gasteiger partial charge in [-0.1, -0.05) is 5.31 Å². The Kier molecular flexibility index (Phi) is 2.30. The van der Waals surface area contributed by atoms with Gasteiger partial charge in [-0.15, -0.1) is 0 Å². The molecule has 0 heterocycles. The molecule has 0 radical (unpaired) electrons. The smallest absolute Gasteiger partial charge is 0.449 e. The van der Waals surface area contributed by atoms with Crippen molar-refractivity contribution >= 4 is 13.1 Å². The number of halogens is 3. The third kappa shape index (κ3) is 2.00. The lowest BCUT2D eigenvalue weighted by Crippen LogP contribution is -2.76. The Morgan fingerprint density at radius 3 is 2.06 bits per heavy atom. The van der Waals surface area contributed by atoms with Crippen molar-refractivity contribution in [2.75, 3.05) is 0 Å². The molecular weight excluding hydrogens is 234 g/mol. The third-order valence-corrected chi connectivity index (χ3v) is 3.53. The molecule has 0 aliphatic heterocycles. The van der Waals surface area contributed by atoms with E-state index >= 15 is 0 Å². The van der Waals surface area contributed by atoms with Gasteiger partial charge in [0, 0.05) is 5.54 Å². The molecule has 0 aromatic heterocycles. The molecule has 1 N–H and O–H groups in total. The first kappa shape index (κ1) is 12.6. The van der Waals surface area contributed by atoms with Crippen molar-refractivity contribution in [3.63, 3.8) is 0 Å². The number of alkyl carbamates (subject to hydrolysis) is 1. The van der Waals surface area contributed by atoms with Crippen LogP contribution in [0.25, 0.3) is 0 Å². The second-order valence-corrected chi connectivity index (χ2v) is 6.37. The molecule has 3 aliphatic carbocycles. The summed E-state index contributed by atoms with van der Waals surface area (Å²) in [4.78, 5) is 11.4. The zero-order valence-corrected chi connectivity index (χ0v) is 10.1. The van der Waals surface area contributed by atoms with E-state index in [2.05, 4.69) is 5.32 Å². The van der Waals surface area contributed by atoms with Gasteiger partial charge in [0.15, 0.2) is 0 Å². The monoisotopic (exact) mass is 250 g/mol. The maximum atomic E-state index is 12.6. The van der Waals surface area contributed by atoms with Gasteiger partial charge in [-0.2, -0.15) is 0 Å². The van der Waals surface area contributed by atoms with Gasteiger partial charge < -0.3 is 23.0 Å². The minimum Gasteiger partial charge on any atom is -0.449 e. The van der Waals surface area contributed by atoms with Crippen LogP contribution in [-0.2, 0) is 4.74 Å². The fourth-order valence-corrected chi connectivity index (χ4v) is 2.87. The molecule has 0 aromatic rings. The van der Waals surface area contributed by atoms with Gasteiger partial charge in [0.1, 0.15) is 5.60 Å². The minimum atomic E-state index is -4.79. The zero-order chi connectivity index (χ0) is 13.1. The average molecular weight is 250 g/mol. The van der Waals surface area contributed by atoms with Gasteiger partial charge in [0.25, 0.3) is 0 Å². The number of nitrogens with one attached hydrogen (secondary N) is 1. The predicted octanol–water partition coefficient (Wildman–Crippen LogP) is 3.04. The van der Waals surface area contributed by atoms with Crippen LogP contribution in [0.1, 0.15) is 40.0 Å². The summed E-state index contributed by atoms with van der Waals surface area (Å²) < 4.78 is 42.9. The number of rotatable bonds is 2. The third-order valence-electron chi connectivity index (χ3n) is 3.53. The Morgan fingerprint density at radius 2 is 1.71 bits per heavy atom. The van der Waals surface area contributed by atoms with Crippen molar-refractivity contribution in [2.45, 2.75) is 56.5 Å². The van der Waals surface area contributed by atoms with E-state index in [-0.39, 0.29) is 19.3 Å². The number of carbonyl (C=O) groups is 1. The number of carbonyl (C=O) groups excluding carboxylic acids is 1. The van der Waals surface area contributed by atoms with Gasteiger partial charge in [0.2, 0.25) is 0 Å². The lowest BCUT2D eigenvalue weighted by atomic mass is 9.27. The molecule has 0 unspecified atom stereocenters. The van der Waals surface area contributed by atoms with E-state index in [4.69, 9.17) is 4.74 Å². The molecule has 0 saturated heterocycles. The molecule has 3 rings (SSSR count). The van der Waals surface area contributed by atoms with Crippen molar-refractivity contribution < 1.29 is 22.5 Å². The average Bonchev–Trinajstić information content (AvgIpc) is 1.86. The SMILES string of the molecule is CC(C)(C)OC(=O)NC12CC([B-](F)(F)F)(C1)C2. The van der Waals surface area contributed by atoms with Crippen LogP contribution in [0, 0.1) is 0 Å². The summed E-state index contributed by atoms with van der Waals surface area (Å²) in [6.45, 7) is 0.364. The van der Waals surface area contributed by atoms with Crippen LogP contribution >= 0.6 is 0 Å². The molecule has 3 nitrogen and oxygen atoms in total. The van der Waals surface area contributed by atoms with Crippen molar-refractivity contribution in [3.05, 3.63) is 0 Å². The summed E-state index contributed by atoms with van der Waals surface area (Å²) in [6, 6.07) is 0. The van der Waals surface area contributed by atoms with Crippen LogP contribution < -0.4 is 5.32 Å². The van der Waals surface area contributed by atoms with Gasteiger partial charge in [0.05, 0.1) is 0 Å². The second-order valence-electron chi connectivity index (χ2n) is 6.37. The van der Waals surface area contributed by atoms with Gasteiger partial charge in [-0.3, -0.25) is 0 Å². The molecule has 0 atom stereocenters. The lowest BCUT2D eigenvalue weighted by molar-refractivity contribution is -0.0638. The number of amides is 1. The van der Waals surface area contributed by atoms with Crippen LogP contribution in [0.2, 0.25) is 5.31 Å². The summed E-state index contributed by atoms with van der Waals surface area (Å²) in [6.07, 6.45) is -0.575. The van der Waals surface area contributed by atoms with E-state index in [0.29, 0.717) is 0 Å². The Labute approximate surface area is 98.1 Å². The summed E-state index contributed by atoms with van der Waals surface area (Å²) >= 11 is 0. The van der Waals surface area contributed by atoms with E-state index in [1.165, 1.54) is 0 Å². The van der Waals surface area contributed by atoms with Crippen LogP contribution in [0.5, 0.6) is 0 Å². The van der Waals surface area contributed by atoms with Crippen molar-refractivity contribution in [2.24, 2.45) is 0 Å². The fraction of sp³-hybridized carbons (Fsp3) is 0.900. The van der Waals surface area contributed by atoms with Crippen LogP contribution in [-0.4, -0.2) is 24.2 Å².